The normalized spacial score (nSPS) is 10.7. The van der Waals surface area contributed by atoms with Crippen molar-refractivity contribution >= 4 is 27.0 Å². The summed E-state index contributed by atoms with van der Waals surface area (Å²) in [6.07, 6.45) is 3.43. The molecule has 3 nitrogen and oxygen atoms in total. The van der Waals surface area contributed by atoms with Crippen LogP contribution in [-0.2, 0) is 0 Å². The Bertz CT molecular complexity index is 393. The van der Waals surface area contributed by atoms with Gasteiger partial charge in [-0.1, -0.05) is 0 Å². The van der Waals surface area contributed by atoms with Gasteiger partial charge in [0, 0.05) is 6.20 Å². The number of aromatic amines is 1. The molecule has 2 heterocycles. The average Bonchev–Trinajstić information content (AvgIpc) is 2.35. The molecule has 11 heavy (non-hydrogen) atoms. The topological polar surface area (TPSA) is 41.6 Å². The summed E-state index contributed by atoms with van der Waals surface area (Å²) in [5.74, 6) is 0. The molecule has 0 amide bonds. The Balaban J connectivity index is 2.94. The third kappa shape index (κ3) is 0.939. The molecule has 0 atom stereocenters. The van der Waals surface area contributed by atoms with Crippen LogP contribution in [0, 0.1) is 6.92 Å². The third-order valence-corrected chi connectivity index (χ3v) is 2.21. The second kappa shape index (κ2) is 2.30. The van der Waals surface area contributed by atoms with Gasteiger partial charge in [0.1, 0.15) is 11.8 Å². The number of H-pyrrole nitrogens is 1. The van der Waals surface area contributed by atoms with Gasteiger partial charge in [-0.15, -0.1) is 0 Å². The van der Waals surface area contributed by atoms with Gasteiger partial charge in [-0.3, -0.25) is 0 Å². The highest BCUT2D eigenvalue weighted by Gasteiger charge is 2.03. The Morgan fingerprint density at radius 3 is 3.00 bits per heavy atom. The highest BCUT2D eigenvalue weighted by Crippen LogP contribution is 2.21. The molecular formula is C7H6BrN3. The molecule has 0 spiro atoms. The lowest BCUT2D eigenvalue weighted by atomic mass is 10.4. The third-order valence-electron chi connectivity index (χ3n) is 1.61. The van der Waals surface area contributed by atoms with Gasteiger partial charge in [0.05, 0.1) is 15.7 Å². The van der Waals surface area contributed by atoms with Crippen LogP contribution in [0.15, 0.2) is 17.0 Å². The van der Waals surface area contributed by atoms with Crippen molar-refractivity contribution in [2.45, 2.75) is 6.92 Å². The Morgan fingerprint density at radius 2 is 2.27 bits per heavy atom. The maximum atomic E-state index is 4.11. The van der Waals surface area contributed by atoms with Gasteiger partial charge in [-0.25, -0.2) is 9.97 Å². The SMILES string of the molecule is Cc1ncnc2c(Br)c[nH]c12. The Hall–Kier alpha value is -0.900. The number of rotatable bonds is 0. The second-order valence-electron chi connectivity index (χ2n) is 2.32. The Morgan fingerprint density at radius 1 is 1.45 bits per heavy atom. The lowest BCUT2D eigenvalue weighted by Crippen LogP contribution is -1.84. The molecule has 0 saturated heterocycles. The highest BCUT2D eigenvalue weighted by atomic mass is 79.9. The number of fused-ring (bicyclic) bond motifs is 1. The van der Waals surface area contributed by atoms with E-state index in [0.717, 1.165) is 21.2 Å². The number of nitrogens with zero attached hydrogens (tertiary/aromatic N) is 2. The standard InChI is InChI=1S/C7H6BrN3/c1-4-6-7(11-3-10-4)5(8)2-9-6/h2-3,9H,1H3. The first-order valence-electron chi connectivity index (χ1n) is 3.23. The molecule has 0 aliphatic rings. The van der Waals surface area contributed by atoms with Gasteiger partial charge in [-0.2, -0.15) is 0 Å². The van der Waals surface area contributed by atoms with Crippen molar-refractivity contribution in [3.63, 3.8) is 0 Å². The van der Waals surface area contributed by atoms with E-state index in [-0.39, 0.29) is 0 Å². The van der Waals surface area contributed by atoms with Crippen molar-refractivity contribution in [1.29, 1.82) is 0 Å². The van der Waals surface area contributed by atoms with Crippen LogP contribution in [0.2, 0.25) is 0 Å². The fraction of sp³-hybridized carbons (Fsp3) is 0.143. The first kappa shape index (κ1) is 6.79. The van der Waals surface area contributed by atoms with Crippen molar-refractivity contribution in [2.24, 2.45) is 0 Å². The summed E-state index contributed by atoms with van der Waals surface area (Å²) in [7, 11) is 0. The molecule has 0 bridgehead atoms. The molecule has 0 unspecified atom stereocenters. The second-order valence-corrected chi connectivity index (χ2v) is 3.17. The first-order valence-corrected chi connectivity index (χ1v) is 4.02. The first-order chi connectivity index (χ1) is 5.29. The predicted octanol–water partition coefficient (Wildman–Crippen LogP) is 2.03. The maximum absolute atomic E-state index is 4.11. The van der Waals surface area contributed by atoms with E-state index >= 15 is 0 Å². The van der Waals surface area contributed by atoms with Crippen LogP contribution in [0.1, 0.15) is 5.69 Å². The number of aryl methyl sites for hydroxylation is 1. The molecule has 2 rings (SSSR count). The van der Waals surface area contributed by atoms with Crippen LogP contribution in [0.25, 0.3) is 11.0 Å². The number of halogens is 1. The molecule has 0 aliphatic carbocycles. The molecule has 0 aromatic carbocycles. The summed E-state index contributed by atoms with van der Waals surface area (Å²) in [5, 5.41) is 0. The number of nitrogens with one attached hydrogen (secondary N) is 1. The molecule has 0 radical (unpaired) electrons. The van der Waals surface area contributed by atoms with E-state index in [4.69, 9.17) is 0 Å². The summed E-state index contributed by atoms with van der Waals surface area (Å²) in [6.45, 7) is 1.95. The van der Waals surface area contributed by atoms with Gasteiger partial charge in [0.2, 0.25) is 0 Å². The minimum atomic E-state index is 0.942. The molecule has 0 fully saturated rings. The molecule has 1 N–H and O–H groups in total. The van der Waals surface area contributed by atoms with Crippen LogP contribution in [0.4, 0.5) is 0 Å². The minimum absolute atomic E-state index is 0.942. The number of hydrogen-bond acceptors (Lipinski definition) is 2. The zero-order chi connectivity index (χ0) is 7.84. The zero-order valence-electron chi connectivity index (χ0n) is 5.93. The molecule has 2 aromatic heterocycles. The summed E-state index contributed by atoms with van der Waals surface area (Å²) in [6, 6.07) is 0. The molecule has 0 aliphatic heterocycles. The average molecular weight is 212 g/mol. The molecule has 4 heteroatoms. The highest BCUT2D eigenvalue weighted by molar-refractivity contribution is 9.10. The van der Waals surface area contributed by atoms with Crippen LogP contribution in [0.5, 0.6) is 0 Å². The van der Waals surface area contributed by atoms with E-state index in [2.05, 4.69) is 30.9 Å². The van der Waals surface area contributed by atoms with Gasteiger partial charge >= 0.3 is 0 Å². The van der Waals surface area contributed by atoms with Crippen LogP contribution < -0.4 is 0 Å². The van der Waals surface area contributed by atoms with Crippen molar-refractivity contribution in [3.8, 4) is 0 Å². The summed E-state index contributed by atoms with van der Waals surface area (Å²) >= 11 is 3.38. The minimum Gasteiger partial charge on any atom is -0.357 e. The van der Waals surface area contributed by atoms with Gasteiger partial charge in [0.15, 0.2) is 0 Å². The fourth-order valence-corrected chi connectivity index (χ4v) is 1.45. The maximum Gasteiger partial charge on any atom is 0.116 e. The monoisotopic (exact) mass is 211 g/mol. The van der Waals surface area contributed by atoms with Gasteiger partial charge in [0.25, 0.3) is 0 Å². The van der Waals surface area contributed by atoms with E-state index < -0.39 is 0 Å². The lowest BCUT2D eigenvalue weighted by Gasteiger charge is -1.91. The molecule has 0 saturated carbocycles. The summed E-state index contributed by atoms with van der Waals surface area (Å²) in [5.41, 5.74) is 2.91. The predicted molar refractivity (Wildman–Crippen MR) is 46.3 cm³/mol. The van der Waals surface area contributed by atoms with Crippen LogP contribution >= 0.6 is 15.9 Å². The van der Waals surface area contributed by atoms with E-state index in [9.17, 15) is 0 Å². The largest absolute Gasteiger partial charge is 0.357 e. The van der Waals surface area contributed by atoms with Crippen molar-refractivity contribution in [1.82, 2.24) is 15.0 Å². The van der Waals surface area contributed by atoms with Crippen molar-refractivity contribution in [3.05, 3.63) is 22.7 Å². The van der Waals surface area contributed by atoms with Crippen molar-refractivity contribution in [2.75, 3.05) is 0 Å². The molecule has 56 valence electrons. The van der Waals surface area contributed by atoms with E-state index in [1.54, 1.807) is 6.33 Å². The quantitative estimate of drug-likeness (QED) is 0.725. The molecular weight excluding hydrogens is 206 g/mol. The van der Waals surface area contributed by atoms with Crippen molar-refractivity contribution < 1.29 is 0 Å². The zero-order valence-corrected chi connectivity index (χ0v) is 7.51. The Labute approximate surface area is 72.0 Å². The number of aromatic nitrogens is 3. The van der Waals surface area contributed by atoms with Crippen LogP contribution in [0.3, 0.4) is 0 Å². The summed E-state index contributed by atoms with van der Waals surface area (Å²) < 4.78 is 0.984. The molecule has 2 aromatic rings. The number of hydrogen-bond donors (Lipinski definition) is 1. The smallest absolute Gasteiger partial charge is 0.116 e. The van der Waals surface area contributed by atoms with Crippen LogP contribution in [-0.4, -0.2) is 15.0 Å². The van der Waals surface area contributed by atoms with Gasteiger partial charge < -0.3 is 4.98 Å². The van der Waals surface area contributed by atoms with E-state index in [1.807, 2.05) is 13.1 Å². The lowest BCUT2D eigenvalue weighted by molar-refractivity contribution is 1.14. The van der Waals surface area contributed by atoms with Gasteiger partial charge in [-0.05, 0) is 22.9 Å². The summed E-state index contributed by atoms with van der Waals surface area (Å²) in [4.78, 5) is 11.3. The van der Waals surface area contributed by atoms with E-state index in [1.165, 1.54) is 0 Å². The fourth-order valence-electron chi connectivity index (χ4n) is 1.03. The van der Waals surface area contributed by atoms with E-state index in [0.29, 0.717) is 0 Å². The Kier molecular flexibility index (Phi) is 1.42.